The number of hydrogen-bond donors (Lipinski definition) is 2. The Morgan fingerprint density at radius 1 is 1.29 bits per heavy atom. The number of unbranched alkanes of at least 4 members (excludes halogenated alkanes) is 1. The van der Waals surface area contributed by atoms with Crippen molar-refractivity contribution in [1.82, 2.24) is 10.2 Å². The Balaban J connectivity index is 2.28. The number of primary amides is 1. The quantitative estimate of drug-likeness (QED) is 0.643. The van der Waals surface area contributed by atoms with Gasteiger partial charge in [-0.1, -0.05) is 19.3 Å². The smallest absolute Gasteiger partial charge is 0.237 e. The van der Waals surface area contributed by atoms with E-state index < -0.39 is 5.54 Å². The maximum absolute atomic E-state index is 11.7. The molecule has 1 atom stereocenters. The van der Waals surface area contributed by atoms with Crippen LogP contribution in [0, 0.1) is 0 Å². The third kappa shape index (κ3) is 6.35. The standard InChI is InChI=1S/C17H35N3O/c1-14(2)19-17(3,16(18)21)12-8-9-13-20(4)15-10-6-5-7-11-15/h14-15,19H,5-13H2,1-4H3,(H2,18,21). The summed E-state index contributed by atoms with van der Waals surface area (Å²) in [7, 11) is 2.25. The summed E-state index contributed by atoms with van der Waals surface area (Å²) < 4.78 is 0. The van der Waals surface area contributed by atoms with E-state index in [1.54, 1.807) is 0 Å². The lowest BCUT2D eigenvalue weighted by Gasteiger charge is -2.32. The predicted octanol–water partition coefficient (Wildman–Crippen LogP) is 2.66. The van der Waals surface area contributed by atoms with E-state index >= 15 is 0 Å². The highest BCUT2D eigenvalue weighted by Crippen LogP contribution is 2.22. The zero-order chi connectivity index (χ0) is 15.9. The molecule has 4 nitrogen and oxygen atoms in total. The summed E-state index contributed by atoms with van der Waals surface area (Å²) in [6, 6.07) is 1.04. The van der Waals surface area contributed by atoms with Crippen LogP contribution in [0.1, 0.15) is 72.1 Å². The first-order valence-electron chi connectivity index (χ1n) is 8.63. The first-order valence-corrected chi connectivity index (χ1v) is 8.63. The molecule has 0 radical (unpaired) electrons. The van der Waals surface area contributed by atoms with Gasteiger partial charge in [-0.2, -0.15) is 0 Å². The van der Waals surface area contributed by atoms with Crippen molar-refractivity contribution in [3.05, 3.63) is 0 Å². The molecule has 1 aliphatic rings. The fourth-order valence-corrected chi connectivity index (χ4v) is 3.45. The summed E-state index contributed by atoms with van der Waals surface area (Å²) in [5.74, 6) is -0.239. The lowest BCUT2D eigenvalue weighted by Crippen LogP contribution is -2.55. The third-order valence-corrected chi connectivity index (χ3v) is 4.79. The molecule has 0 spiro atoms. The van der Waals surface area contributed by atoms with Crippen LogP contribution in [0.3, 0.4) is 0 Å². The van der Waals surface area contributed by atoms with Crippen LogP contribution in [0.2, 0.25) is 0 Å². The Labute approximate surface area is 130 Å². The van der Waals surface area contributed by atoms with E-state index in [1.165, 1.54) is 32.1 Å². The minimum Gasteiger partial charge on any atom is -0.368 e. The van der Waals surface area contributed by atoms with Gasteiger partial charge in [0.1, 0.15) is 0 Å². The van der Waals surface area contributed by atoms with Gasteiger partial charge in [0, 0.05) is 12.1 Å². The summed E-state index contributed by atoms with van der Waals surface area (Å²) in [6.45, 7) is 7.16. The number of rotatable bonds is 9. The van der Waals surface area contributed by atoms with Crippen molar-refractivity contribution in [1.29, 1.82) is 0 Å². The normalized spacial score (nSPS) is 19.9. The van der Waals surface area contributed by atoms with Crippen molar-refractivity contribution in [2.75, 3.05) is 13.6 Å². The highest BCUT2D eigenvalue weighted by Gasteiger charge is 2.30. The molecule has 4 heteroatoms. The minimum atomic E-state index is -0.572. The molecule has 1 fully saturated rings. The molecular weight excluding hydrogens is 262 g/mol. The fraction of sp³-hybridized carbons (Fsp3) is 0.941. The first-order chi connectivity index (χ1) is 9.85. The molecule has 0 aliphatic heterocycles. The van der Waals surface area contributed by atoms with Gasteiger partial charge in [-0.3, -0.25) is 4.79 Å². The van der Waals surface area contributed by atoms with Crippen LogP contribution in [0.4, 0.5) is 0 Å². The topological polar surface area (TPSA) is 58.4 Å². The van der Waals surface area contributed by atoms with E-state index in [2.05, 4.69) is 31.1 Å². The van der Waals surface area contributed by atoms with E-state index in [9.17, 15) is 4.79 Å². The van der Waals surface area contributed by atoms with Gasteiger partial charge in [0.25, 0.3) is 0 Å². The zero-order valence-electron chi connectivity index (χ0n) is 14.5. The fourth-order valence-electron chi connectivity index (χ4n) is 3.45. The molecular formula is C17H35N3O. The molecule has 3 N–H and O–H groups in total. The first kappa shape index (κ1) is 18.4. The molecule has 0 aromatic rings. The van der Waals surface area contributed by atoms with Gasteiger partial charge < -0.3 is 16.0 Å². The average Bonchev–Trinajstić information content (AvgIpc) is 2.43. The lowest BCUT2D eigenvalue weighted by atomic mass is 9.92. The average molecular weight is 297 g/mol. The molecule has 0 aromatic heterocycles. The van der Waals surface area contributed by atoms with E-state index in [0.717, 1.165) is 31.8 Å². The summed E-state index contributed by atoms with van der Waals surface area (Å²) in [5, 5.41) is 3.32. The lowest BCUT2D eigenvalue weighted by molar-refractivity contribution is -0.124. The number of carbonyl (C=O) groups is 1. The number of amides is 1. The largest absolute Gasteiger partial charge is 0.368 e. The summed E-state index contributed by atoms with van der Waals surface area (Å²) >= 11 is 0. The second-order valence-corrected chi connectivity index (χ2v) is 7.22. The van der Waals surface area contributed by atoms with E-state index in [4.69, 9.17) is 5.73 Å². The van der Waals surface area contributed by atoms with Crippen molar-refractivity contribution in [3.63, 3.8) is 0 Å². The molecule has 0 saturated heterocycles. The summed E-state index contributed by atoms with van der Waals surface area (Å²) in [5.41, 5.74) is 4.99. The molecule has 0 aromatic carbocycles. The van der Waals surface area contributed by atoms with Gasteiger partial charge in [0.15, 0.2) is 0 Å². The van der Waals surface area contributed by atoms with Crippen LogP contribution >= 0.6 is 0 Å². The monoisotopic (exact) mass is 297 g/mol. The van der Waals surface area contributed by atoms with Crippen LogP contribution in [0.5, 0.6) is 0 Å². The number of hydrogen-bond acceptors (Lipinski definition) is 3. The molecule has 124 valence electrons. The third-order valence-electron chi connectivity index (χ3n) is 4.79. The summed E-state index contributed by atoms with van der Waals surface area (Å²) in [4.78, 5) is 14.2. The predicted molar refractivity (Wildman–Crippen MR) is 89.2 cm³/mol. The van der Waals surface area contributed by atoms with Gasteiger partial charge in [0.2, 0.25) is 5.91 Å². The maximum atomic E-state index is 11.7. The molecule has 1 aliphatic carbocycles. The second-order valence-electron chi connectivity index (χ2n) is 7.22. The zero-order valence-corrected chi connectivity index (χ0v) is 14.5. The van der Waals surface area contributed by atoms with Crippen molar-refractivity contribution in [2.45, 2.75) is 89.8 Å². The molecule has 21 heavy (non-hydrogen) atoms. The number of nitrogens with one attached hydrogen (secondary N) is 1. The highest BCUT2D eigenvalue weighted by atomic mass is 16.1. The van der Waals surface area contributed by atoms with Crippen molar-refractivity contribution in [3.8, 4) is 0 Å². The molecule has 1 unspecified atom stereocenters. The Kier molecular flexibility index (Phi) is 7.67. The molecule has 1 rings (SSSR count). The van der Waals surface area contributed by atoms with Crippen LogP contribution in [-0.4, -0.2) is 42.0 Å². The number of nitrogens with two attached hydrogens (primary N) is 1. The molecule has 1 amide bonds. The Hall–Kier alpha value is -0.610. The van der Waals surface area contributed by atoms with Crippen LogP contribution in [0.25, 0.3) is 0 Å². The minimum absolute atomic E-state index is 0.239. The van der Waals surface area contributed by atoms with E-state index in [0.29, 0.717) is 0 Å². The molecule has 0 bridgehead atoms. The molecule has 1 saturated carbocycles. The molecule has 0 heterocycles. The number of carbonyl (C=O) groups excluding carboxylic acids is 1. The number of nitrogens with zero attached hydrogens (tertiary/aromatic N) is 1. The Morgan fingerprint density at radius 2 is 1.90 bits per heavy atom. The highest BCUT2D eigenvalue weighted by molar-refractivity contribution is 5.84. The van der Waals surface area contributed by atoms with Crippen molar-refractivity contribution >= 4 is 5.91 Å². The van der Waals surface area contributed by atoms with Gasteiger partial charge >= 0.3 is 0 Å². The van der Waals surface area contributed by atoms with Crippen LogP contribution < -0.4 is 11.1 Å². The van der Waals surface area contributed by atoms with Crippen molar-refractivity contribution < 1.29 is 4.79 Å². The van der Waals surface area contributed by atoms with E-state index in [1.807, 2.05) is 6.92 Å². The summed E-state index contributed by atoms with van der Waals surface area (Å²) in [6.07, 6.45) is 9.86. The Morgan fingerprint density at radius 3 is 2.43 bits per heavy atom. The van der Waals surface area contributed by atoms with Crippen molar-refractivity contribution in [2.24, 2.45) is 5.73 Å². The van der Waals surface area contributed by atoms with Gasteiger partial charge in [-0.15, -0.1) is 0 Å². The SMILES string of the molecule is CC(C)NC(C)(CCCCN(C)C1CCCCC1)C(N)=O. The van der Waals surface area contributed by atoms with Gasteiger partial charge in [-0.25, -0.2) is 0 Å². The Bertz CT molecular complexity index is 313. The van der Waals surface area contributed by atoms with Gasteiger partial charge in [0.05, 0.1) is 5.54 Å². The second kappa shape index (κ2) is 8.74. The van der Waals surface area contributed by atoms with Crippen LogP contribution in [0.15, 0.2) is 0 Å². The van der Waals surface area contributed by atoms with Crippen LogP contribution in [-0.2, 0) is 4.79 Å². The van der Waals surface area contributed by atoms with Gasteiger partial charge in [-0.05, 0) is 66.5 Å². The maximum Gasteiger partial charge on any atom is 0.237 e. The van der Waals surface area contributed by atoms with E-state index in [-0.39, 0.29) is 11.9 Å².